The number of rotatable bonds is 4. The Morgan fingerprint density at radius 2 is 2.19 bits per heavy atom. The third-order valence-corrected chi connectivity index (χ3v) is 3.98. The number of benzene rings is 1. The number of hydrogen-bond acceptors (Lipinski definition) is 3. The maximum atomic E-state index is 13.8. The molecule has 0 fully saturated rings. The Bertz CT molecular complexity index is 855. The van der Waals surface area contributed by atoms with Gasteiger partial charge in [-0.2, -0.15) is 0 Å². The van der Waals surface area contributed by atoms with E-state index in [0.717, 1.165) is 17.4 Å². The highest BCUT2D eigenvalue weighted by molar-refractivity contribution is 7.07. The minimum Gasteiger partial charge on any atom is -0.322 e. The van der Waals surface area contributed by atoms with Crippen LogP contribution in [0.2, 0.25) is 0 Å². The zero-order chi connectivity index (χ0) is 15.0. The van der Waals surface area contributed by atoms with Crippen LogP contribution in [0.4, 0.5) is 8.78 Å². The lowest BCUT2D eigenvalue weighted by Crippen LogP contribution is -2.07. The molecular weight excluding hydrogens is 320 g/mol. The Morgan fingerprint density at radius 1 is 1.38 bits per heavy atom. The topological polar surface area (TPSA) is 50.7 Å². The Morgan fingerprint density at radius 3 is 2.86 bits per heavy atom. The number of halogens is 3. The predicted octanol–water partition coefficient (Wildman–Crippen LogP) is 2.89. The lowest BCUT2D eigenvalue weighted by atomic mass is 10.3. The fourth-order valence-corrected chi connectivity index (χ4v) is 2.95. The van der Waals surface area contributed by atoms with Crippen molar-refractivity contribution < 1.29 is 8.78 Å². The van der Waals surface area contributed by atoms with Crippen LogP contribution in [0.25, 0.3) is 11.0 Å². The fourth-order valence-electron chi connectivity index (χ4n) is 2.21. The number of nitrogens with zero attached hydrogens (tertiary/aromatic N) is 2. The molecule has 0 aliphatic carbocycles. The fraction of sp³-hybridized carbons (Fsp3) is 0.231. The number of nitrogens with one attached hydrogen (secondary N) is 1. The maximum Gasteiger partial charge on any atom is 0.304 e. The van der Waals surface area contributed by atoms with Crippen LogP contribution in [0.3, 0.4) is 0 Å². The molecular formula is C13H10ClF2N3OS. The average molecular weight is 330 g/mol. The van der Waals surface area contributed by atoms with E-state index in [0.29, 0.717) is 29.3 Å². The van der Waals surface area contributed by atoms with E-state index in [1.165, 1.54) is 6.07 Å². The monoisotopic (exact) mass is 329 g/mol. The standard InChI is InChI=1S/C13H10ClF2N3OS/c14-2-1-11-18-12-9(16)3-7(15)4-10(12)19(11)5-8-6-21-13(20)17-8/h3-4,6H,1-2,5H2,(H,17,20). The SMILES string of the molecule is O=c1[nH]c(Cn2c(CCCl)nc3c(F)cc(F)cc32)cs1. The molecule has 0 bridgehead atoms. The number of aromatic nitrogens is 3. The van der Waals surface area contributed by atoms with Gasteiger partial charge in [-0.3, -0.25) is 4.79 Å². The summed E-state index contributed by atoms with van der Waals surface area (Å²) in [5.41, 5.74) is 1.11. The number of fused-ring (bicyclic) bond motifs is 1. The Kier molecular flexibility index (Phi) is 3.77. The molecule has 0 spiro atoms. The lowest BCUT2D eigenvalue weighted by Gasteiger charge is -2.07. The van der Waals surface area contributed by atoms with Gasteiger partial charge in [-0.05, 0) is 6.07 Å². The minimum atomic E-state index is -0.710. The van der Waals surface area contributed by atoms with Crippen LogP contribution in [0.1, 0.15) is 11.5 Å². The first-order valence-corrected chi connectivity index (χ1v) is 7.56. The van der Waals surface area contributed by atoms with Gasteiger partial charge in [0, 0.05) is 29.4 Å². The summed E-state index contributed by atoms with van der Waals surface area (Å²) in [5.74, 6) is -0.513. The maximum absolute atomic E-state index is 13.8. The summed E-state index contributed by atoms with van der Waals surface area (Å²) in [4.78, 5) is 17.9. The summed E-state index contributed by atoms with van der Waals surface area (Å²) in [6.07, 6.45) is 0.422. The molecule has 8 heteroatoms. The first-order valence-electron chi connectivity index (χ1n) is 6.15. The highest BCUT2D eigenvalue weighted by atomic mass is 35.5. The summed E-state index contributed by atoms with van der Waals surface area (Å²) in [6, 6.07) is 2.03. The molecule has 110 valence electrons. The molecule has 2 heterocycles. The molecule has 21 heavy (non-hydrogen) atoms. The van der Waals surface area contributed by atoms with Gasteiger partial charge in [-0.25, -0.2) is 13.8 Å². The van der Waals surface area contributed by atoms with Crippen molar-refractivity contribution in [2.45, 2.75) is 13.0 Å². The molecule has 4 nitrogen and oxygen atoms in total. The summed E-state index contributed by atoms with van der Waals surface area (Å²) in [6.45, 7) is 0.282. The second-order valence-corrected chi connectivity index (χ2v) is 5.70. The Balaban J connectivity index is 2.17. The molecule has 3 rings (SSSR count). The van der Waals surface area contributed by atoms with E-state index in [1.807, 2.05) is 0 Å². The van der Waals surface area contributed by atoms with E-state index >= 15 is 0 Å². The van der Waals surface area contributed by atoms with E-state index in [1.54, 1.807) is 9.95 Å². The van der Waals surface area contributed by atoms with Crippen molar-refractivity contribution in [2.24, 2.45) is 0 Å². The number of imidazole rings is 1. The van der Waals surface area contributed by atoms with E-state index < -0.39 is 11.6 Å². The highest BCUT2D eigenvalue weighted by Gasteiger charge is 2.16. The molecule has 0 radical (unpaired) electrons. The average Bonchev–Trinajstić information content (AvgIpc) is 2.97. The van der Waals surface area contributed by atoms with Gasteiger partial charge in [0.1, 0.15) is 17.2 Å². The molecule has 0 atom stereocenters. The Labute approximate surface area is 127 Å². The van der Waals surface area contributed by atoms with Gasteiger partial charge in [0.15, 0.2) is 5.82 Å². The van der Waals surface area contributed by atoms with Gasteiger partial charge in [-0.15, -0.1) is 11.6 Å². The van der Waals surface area contributed by atoms with Crippen molar-refractivity contribution >= 4 is 34.0 Å². The van der Waals surface area contributed by atoms with Gasteiger partial charge in [0.25, 0.3) is 0 Å². The quantitative estimate of drug-likeness (QED) is 0.748. The van der Waals surface area contributed by atoms with Gasteiger partial charge in [-0.1, -0.05) is 11.3 Å². The molecule has 1 N–H and O–H groups in total. The molecule has 0 unspecified atom stereocenters. The summed E-state index contributed by atoms with van der Waals surface area (Å²) in [7, 11) is 0. The molecule has 0 aliphatic rings. The van der Waals surface area contributed by atoms with Gasteiger partial charge in [0.05, 0.1) is 12.1 Å². The molecule has 0 amide bonds. The van der Waals surface area contributed by atoms with E-state index in [-0.39, 0.29) is 16.9 Å². The van der Waals surface area contributed by atoms with Crippen LogP contribution in [0, 0.1) is 11.6 Å². The van der Waals surface area contributed by atoms with Crippen molar-refractivity contribution in [3.63, 3.8) is 0 Å². The number of aryl methyl sites for hydroxylation is 1. The number of thiazole rings is 1. The largest absolute Gasteiger partial charge is 0.322 e. The summed E-state index contributed by atoms with van der Waals surface area (Å²) < 4.78 is 28.9. The van der Waals surface area contributed by atoms with E-state index in [9.17, 15) is 13.6 Å². The molecule has 0 saturated carbocycles. The number of hydrogen-bond donors (Lipinski definition) is 1. The van der Waals surface area contributed by atoms with Crippen LogP contribution in [0.5, 0.6) is 0 Å². The lowest BCUT2D eigenvalue weighted by molar-refractivity contribution is 0.590. The highest BCUT2D eigenvalue weighted by Crippen LogP contribution is 2.22. The van der Waals surface area contributed by atoms with Gasteiger partial charge >= 0.3 is 4.87 Å². The predicted molar refractivity (Wildman–Crippen MR) is 78.1 cm³/mol. The van der Waals surface area contributed by atoms with E-state index in [4.69, 9.17) is 11.6 Å². The van der Waals surface area contributed by atoms with Gasteiger partial charge in [0.2, 0.25) is 0 Å². The molecule has 0 aliphatic heterocycles. The third-order valence-electron chi connectivity index (χ3n) is 3.07. The first kappa shape index (κ1) is 14.2. The van der Waals surface area contributed by atoms with Crippen LogP contribution in [0.15, 0.2) is 22.3 Å². The molecule has 0 saturated heterocycles. The van der Waals surface area contributed by atoms with Gasteiger partial charge < -0.3 is 9.55 Å². The van der Waals surface area contributed by atoms with Crippen LogP contribution >= 0.6 is 22.9 Å². The summed E-state index contributed by atoms with van der Waals surface area (Å²) in [5, 5.41) is 1.67. The van der Waals surface area contributed by atoms with Crippen LogP contribution in [-0.4, -0.2) is 20.4 Å². The van der Waals surface area contributed by atoms with Crippen LogP contribution in [-0.2, 0) is 13.0 Å². The number of aromatic amines is 1. The van der Waals surface area contributed by atoms with Crippen LogP contribution < -0.4 is 4.87 Å². The second-order valence-electron chi connectivity index (χ2n) is 4.48. The smallest absolute Gasteiger partial charge is 0.304 e. The van der Waals surface area contributed by atoms with Crippen molar-refractivity contribution in [1.82, 2.24) is 14.5 Å². The van der Waals surface area contributed by atoms with Crippen molar-refractivity contribution in [3.8, 4) is 0 Å². The number of H-pyrrole nitrogens is 1. The minimum absolute atomic E-state index is 0.106. The van der Waals surface area contributed by atoms with E-state index in [2.05, 4.69) is 9.97 Å². The van der Waals surface area contributed by atoms with Crippen molar-refractivity contribution in [2.75, 3.05) is 5.88 Å². The zero-order valence-electron chi connectivity index (χ0n) is 10.7. The van der Waals surface area contributed by atoms with Crippen molar-refractivity contribution in [3.05, 3.63) is 50.3 Å². The normalized spacial score (nSPS) is 11.4. The molecule has 1 aromatic carbocycles. The first-order chi connectivity index (χ1) is 10.1. The summed E-state index contributed by atoms with van der Waals surface area (Å²) >= 11 is 6.77. The second kappa shape index (κ2) is 5.57. The van der Waals surface area contributed by atoms with Crippen molar-refractivity contribution in [1.29, 1.82) is 0 Å². The molecule has 3 aromatic rings. The third kappa shape index (κ3) is 2.71. The zero-order valence-corrected chi connectivity index (χ0v) is 12.3. The Hall–Kier alpha value is -1.73. The number of alkyl halides is 1. The molecule has 2 aromatic heterocycles.